The molecule has 1 atom stereocenters. The van der Waals surface area contributed by atoms with Gasteiger partial charge in [-0.2, -0.15) is 5.26 Å². The molecule has 3 aromatic heterocycles. The molecule has 53 heavy (non-hydrogen) atoms. The van der Waals surface area contributed by atoms with Gasteiger partial charge in [0.1, 0.15) is 23.4 Å². The van der Waals surface area contributed by atoms with Crippen molar-refractivity contribution in [2.24, 2.45) is 5.92 Å². The van der Waals surface area contributed by atoms with Gasteiger partial charge < -0.3 is 19.9 Å². The molecule has 3 N–H and O–H groups in total. The Morgan fingerprint density at radius 1 is 0.906 bits per heavy atom. The number of aliphatic carboxylic acids is 1. The fourth-order valence-electron chi connectivity index (χ4n) is 7.70. The fourth-order valence-corrected chi connectivity index (χ4v) is 7.70. The summed E-state index contributed by atoms with van der Waals surface area (Å²) in [4.78, 5) is 34.5. The molecule has 5 heterocycles. The standard InChI is InChI=1S/C41H40N8O4/c1-24-31(5-3-7-33(24)40-47-36-16-26(15-29(18-42)38(36)53-40)20-48-12-9-28(10-13-48)41(51)52)32-6-4-8-34(25(32)2)46-39-37-35(44-23-45-39)17-27(19-43-37)21-49-14-11-30(50)22-49/h3-8,15-17,19,23,28,30,50H,9-14,20-22H2,1-2H3,(H,51,52)(H,44,45,46)/t30-/m1/s1. The summed E-state index contributed by atoms with van der Waals surface area (Å²) < 4.78 is 6.30. The maximum Gasteiger partial charge on any atom is 0.306 e. The first-order valence-electron chi connectivity index (χ1n) is 18.0. The van der Waals surface area contributed by atoms with Crippen LogP contribution in [0.25, 0.3) is 44.7 Å². The number of hydrogen-bond donors (Lipinski definition) is 3. The average Bonchev–Trinajstić information content (AvgIpc) is 3.78. The van der Waals surface area contributed by atoms with E-state index in [1.54, 1.807) is 6.33 Å². The molecule has 12 heteroatoms. The Labute approximate surface area is 306 Å². The van der Waals surface area contributed by atoms with Crippen molar-refractivity contribution in [3.05, 3.63) is 94.9 Å². The van der Waals surface area contributed by atoms with Gasteiger partial charge in [0.05, 0.1) is 23.1 Å². The summed E-state index contributed by atoms with van der Waals surface area (Å²) in [6.07, 6.45) is 5.17. The molecule has 0 amide bonds. The first-order valence-corrected chi connectivity index (χ1v) is 18.0. The van der Waals surface area contributed by atoms with Crippen molar-refractivity contribution >= 4 is 39.6 Å². The number of benzene rings is 3. The van der Waals surface area contributed by atoms with Crippen LogP contribution in [0, 0.1) is 31.1 Å². The summed E-state index contributed by atoms with van der Waals surface area (Å²) in [5.74, 6) is 0.0374. The number of pyridine rings is 1. The van der Waals surface area contributed by atoms with Crippen LogP contribution in [-0.4, -0.2) is 78.2 Å². The number of carbonyl (C=O) groups is 1. The number of aliphatic hydroxyl groups is 1. The van der Waals surface area contributed by atoms with Crippen LogP contribution in [0.2, 0.25) is 0 Å². The van der Waals surface area contributed by atoms with Gasteiger partial charge in [-0.05, 0) is 110 Å². The van der Waals surface area contributed by atoms with Crippen LogP contribution in [-0.2, 0) is 17.9 Å². The number of nitrogens with zero attached hydrogens (tertiary/aromatic N) is 7. The summed E-state index contributed by atoms with van der Waals surface area (Å²) in [5.41, 5.74) is 10.7. The summed E-state index contributed by atoms with van der Waals surface area (Å²) in [5, 5.41) is 32.8. The first kappa shape index (κ1) is 34.4. The molecule has 0 spiro atoms. The molecule has 0 unspecified atom stereocenters. The quantitative estimate of drug-likeness (QED) is 0.148. The van der Waals surface area contributed by atoms with Crippen LogP contribution in [0.3, 0.4) is 0 Å². The van der Waals surface area contributed by atoms with E-state index in [9.17, 15) is 20.3 Å². The molecule has 0 bridgehead atoms. The van der Waals surface area contributed by atoms with Gasteiger partial charge in [-0.1, -0.05) is 24.3 Å². The number of piperidine rings is 1. The number of likely N-dealkylation sites (tertiary alicyclic amines) is 2. The highest BCUT2D eigenvalue weighted by molar-refractivity contribution is 5.89. The number of aromatic nitrogens is 4. The van der Waals surface area contributed by atoms with Gasteiger partial charge in [-0.15, -0.1) is 0 Å². The van der Waals surface area contributed by atoms with Gasteiger partial charge in [0.2, 0.25) is 5.89 Å². The SMILES string of the molecule is Cc1c(Nc2ncnc3cc(CN4CC[C@@H](O)C4)cnc23)cccc1-c1cccc(-c2nc3cc(CN4CCC(C(=O)O)CC4)cc(C#N)c3o2)c1C. The van der Waals surface area contributed by atoms with Crippen molar-refractivity contribution in [1.82, 2.24) is 29.7 Å². The number of rotatable bonds is 9. The Morgan fingerprint density at radius 2 is 1.62 bits per heavy atom. The monoisotopic (exact) mass is 708 g/mol. The molecule has 2 aliphatic heterocycles. The maximum atomic E-state index is 11.4. The van der Waals surface area contributed by atoms with Crippen molar-refractivity contribution in [2.45, 2.75) is 52.3 Å². The lowest BCUT2D eigenvalue weighted by molar-refractivity contribution is -0.143. The van der Waals surface area contributed by atoms with Crippen LogP contribution in [0.5, 0.6) is 0 Å². The molecule has 6 aromatic rings. The number of oxazole rings is 1. The van der Waals surface area contributed by atoms with E-state index in [0.717, 1.165) is 63.1 Å². The van der Waals surface area contributed by atoms with Gasteiger partial charge in [-0.3, -0.25) is 19.6 Å². The van der Waals surface area contributed by atoms with E-state index in [1.165, 1.54) is 0 Å². The molecule has 268 valence electrons. The lowest BCUT2D eigenvalue weighted by Gasteiger charge is -2.30. The summed E-state index contributed by atoms with van der Waals surface area (Å²) in [6.45, 7) is 8.39. The molecule has 8 rings (SSSR count). The van der Waals surface area contributed by atoms with Crippen molar-refractivity contribution in [3.63, 3.8) is 0 Å². The van der Waals surface area contributed by atoms with E-state index >= 15 is 0 Å². The predicted octanol–water partition coefficient (Wildman–Crippen LogP) is 6.60. The minimum absolute atomic E-state index is 0.269. The summed E-state index contributed by atoms with van der Waals surface area (Å²) in [7, 11) is 0. The number of aliphatic hydroxyl groups excluding tert-OH is 1. The number of fused-ring (bicyclic) bond motifs is 2. The second-order valence-corrected chi connectivity index (χ2v) is 14.2. The van der Waals surface area contributed by atoms with Gasteiger partial charge in [0, 0.05) is 43.6 Å². The molecule has 3 aromatic carbocycles. The zero-order chi connectivity index (χ0) is 36.6. The van der Waals surface area contributed by atoms with E-state index in [4.69, 9.17) is 14.4 Å². The normalized spacial score (nSPS) is 17.1. The highest BCUT2D eigenvalue weighted by Gasteiger charge is 2.25. The van der Waals surface area contributed by atoms with E-state index in [-0.39, 0.29) is 12.0 Å². The maximum absolute atomic E-state index is 11.4. The first-order chi connectivity index (χ1) is 25.7. The number of anilines is 2. The second kappa shape index (κ2) is 14.4. The van der Waals surface area contributed by atoms with Crippen LogP contribution in [0.1, 0.15) is 47.1 Å². The summed E-state index contributed by atoms with van der Waals surface area (Å²) in [6, 6.07) is 20.3. The number of hydrogen-bond acceptors (Lipinski definition) is 11. The number of nitrogens with one attached hydrogen (secondary N) is 1. The number of carboxylic acid groups (broad SMARTS) is 1. The predicted molar refractivity (Wildman–Crippen MR) is 201 cm³/mol. The lowest BCUT2D eigenvalue weighted by Crippen LogP contribution is -2.35. The van der Waals surface area contributed by atoms with Crippen LogP contribution >= 0.6 is 0 Å². The third kappa shape index (κ3) is 6.94. The van der Waals surface area contributed by atoms with Crippen LogP contribution < -0.4 is 5.32 Å². The van der Waals surface area contributed by atoms with E-state index in [1.807, 2.05) is 48.7 Å². The molecule has 2 fully saturated rings. The fraction of sp³-hybridized carbons (Fsp3) is 0.317. The third-order valence-corrected chi connectivity index (χ3v) is 10.6. The van der Waals surface area contributed by atoms with Crippen molar-refractivity contribution in [1.29, 1.82) is 5.26 Å². The van der Waals surface area contributed by atoms with Gasteiger partial charge in [0.15, 0.2) is 11.4 Å². The molecule has 2 saturated heterocycles. The van der Waals surface area contributed by atoms with E-state index < -0.39 is 5.97 Å². The molecule has 2 aliphatic rings. The number of β-amino-alcohol motifs (C(OH)–C–C–N with tert-alkyl or cyclic N) is 1. The van der Waals surface area contributed by atoms with Gasteiger partial charge >= 0.3 is 5.97 Å². The van der Waals surface area contributed by atoms with Crippen molar-refractivity contribution < 1.29 is 19.4 Å². The highest BCUT2D eigenvalue weighted by Crippen LogP contribution is 2.38. The molecular formula is C41H40N8O4. The van der Waals surface area contributed by atoms with Crippen LogP contribution in [0.4, 0.5) is 11.5 Å². The zero-order valence-electron chi connectivity index (χ0n) is 29.7. The van der Waals surface area contributed by atoms with E-state index in [0.29, 0.717) is 79.5 Å². The number of nitriles is 1. The molecule has 12 nitrogen and oxygen atoms in total. The Bertz CT molecular complexity index is 2390. The average molecular weight is 709 g/mol. The third-order valence-electron chi connectivity index (χ3n) is 10.6. The topological polar surface area (TPSA) is 165 Å². The Morgan fingerprint density at radius 3 is 2.38 bits per heavy atom. The number of carboxylic acids is 1. The Kier molecular flexibility index (Phi) is 9.30. The zero-order valence-corrected chi connectivity index (χ0v) is 29.7. The summed E-state index contributed by atoms with van der Waals surface area (Å²) >= 11 is 0. The minimum Gasteiger partial charge on any atom is -0.481 e. The highest BCUT2D eigenvalue weighted by atomic mass is 16.4. The largest absolute Gasteiger partial charge is 0.481 e. The second-order valence-electron chi connectivity index (χ2n) is 14.2. The van der Waals surface area contributed by atoms with Crippen LogP contribution in [0.15, 0.2) is 71.5 Å². The molecular weight excluding hydrogens is 669 g/mol. The van der Waals surface area contributed by atoms with Crippen molar-refractivity contribution in [3.8, 4) is 28.7 Å². The van der Waals surface area contributed by atoms with Gasteiger partial charge in [0.25, 0.3) is 0 Å². The smallest absolute Gasteiger partial charge is 0.306 e. The molecule has 0 saturated carbocycles. The molecule has 0 radical (unpaired) electrons. The lowest BCUT2D eigenvalue weighted by atomic mass is 9.93. The minimum atomic E-state index is -0.730. The van der Waals surface area contributed by atoms with Crippen molar-refractivity contribution in [2.75, 3.05) is 31.5 Å². The van der Waals surface area contributed by atoms with E-state index in [2.05, 4.69) is 57.1 Å². The Balaban J connectivity index is 1.05. The molecule has 0 aliphatic carbocycles. The Hall–Kier alpha value is -5.74. The van der Waals surface area contributed by atoms with Gasteiger partial charge in [-0.25, -0.2) is 15.0 Å².